The molecule has 0 aromatic rings. The van der Waals surface area contributed by atoms with Gasteiger partial charge in [0.2, 0.25) is 0 Å². The summed E-state index contributed by atoms with van der Waals surface area (Å²) in [4.78, 5) is 2.39. The molecule has 4 heteroatoms. The van der Waals surface area contributed by atoms with Gasteiger partial charge in [-0.1, -0.05) is 17.3 Å². The van der Waals surface area contributed by atoms with Crippen molar-refractivity contribution in [2.45, 2.75) is 31.7 Å². The summed E-state index contributed by atoms with van der Waals surface area (Å²) >= 11 is 0. The van der Waals surface area contributed by atoms with Gasteiger partial charge in [0.15, 0.2) is 0 Å². The number of hydrogen-bond donors (Lipinski definition) is 1. The average molecular weight is 224 g/mol. The van der Waals surface area contributed by atoms with Gasteiger partial charge in [-0.25, -0.2) is 0 Å². The molecule has 0 aromatic carbocycles. The standard InChI is InChI=1S/C12H20N2O2/c15-13-11-5-3-1-2-4-6-12(11)14-7-9-16-10-8-14/h1-2,12,15H,3-10H2/b2-1-,13-11-. The van der Waals surface area contributed by atoms with Crippen molar-refractivity contribution in [1.29, 1.82) is 0 Å². The van der Waals surface area contributed by atoms with E-state index >= 15 is 0 Å². The molecule has 0 radical (unpaired) electrons. The fraction of sp³-hybridized carbons (Fsp3) is 0.750. The van der Waals surface area contributed by atoms with E-state index in [1.54, 1.807) is 0 Å². The van der Waals surface area contributed by atoms with E-state index in [4.69, 9.17) is 9.94 Å². The van der Waals surface area contributed by atoms with Crippen molar-refractivity contribution in [3.8, 4) is 0 Å². The summed E-state index contributed by atoms with van der Waals surface area (Å²) in [6, 6.07) is 0.304. The smallest absolute Gasteiger partial charge is 0.0745 e. The summed E-state index contributed by atoms with van der Waals surface area (Å²) < 4.78 is 5.36. The minimum atomic E-state index is 0.304. The van der Waals surface area contributed by atoms with Crippen LogP contribution in [0.1, 0.15) is 25.7 Å². The van der Waals surface area contributed by atoms with Crippen molar-refractivity contribution in [3.05, 3.63) is 12.2 Å². The second-order valence-corrected chi connectivity index (χ2v) is 4.34. The van der Waals surface area contributed by atoms with Crippen molar-refractivity contribution < 1.29 is 9.94 Å². The summed E-state index contributed by atoms with van der Waals surface area (Å²) in [5.74, 6) is 0. The van der Waals surface area contributed by atoms with Crippen molar-refractivity contribution in [1.82, 2.24) is 4.90 Å². The van der Waals surface area contributed by atoms with Gasteiger partial charge >= 0.3 is 0 Å². The molecule has 90 valence electrons. The number of ether oxygens (including phenoxy) is 1. The Morgan fingerprint density at radius 3 is 2.75 bits per heavy atom. The fourth-order valence-electron chi connectivity index (χ4n) is 2.45. The Bertz CT molecular complexity index is 270. The highest BCUT2D eigenvalue weighted by Gasteiger charge is 2.25. The first-order valence-corrected chi connectivity index (χ1v) is 6.09. The van der Waals surface area contributed by atoms with Crippen molar-refractivity contribution in [2.24, 2.45) is 5.16 Å². The van der Waals surface area contributed by atoms with Gasteiger partial charge in [0.1, 0.15) is 0 Å². The van der Waals surface area contributed by atoms with Gasteiger partial charge in [0, 0.05) is 13.1 Å². The molecular weight excluding hydrogens is 204 g/mol. The Labute approximate surface area is 96.6 Å². The van der Waals surface area contributed by atoms with Gasteiger partial charge < -0.3 is 9.94 Å². The summed E-state index contributed by atoms with van der Waals surface area (Å²) in [5.41, 5.74) is 0.936. The van der Waals surface area contributed by atoms with Crippen LogP contribution in [0.4, 0.5) is 0 Å². The van der Waals surface area contributed by atoms with Gasteiger partial charge in [0.25, 0.3) is 0 Å². The van der Waals surface area contributed by atoms with E-state index < -0.39 is 0 Å². The van der Waals surface area contributed by atoms with E-state index in [2.05, 4.69) is 22.2 Å². The summed E-state index contributed by atoms with van der Waals surface area (Å²) in [7, 11) is 0. The SMILES string of the molecule is O/N=C1/CC/C=C\CCC1N1CCOCC1. The molecule has 1 unspecified atom stereocenters. The Morgan fingerprint density at radius 1 is 1.25 bits per heavy atom. The largest absolute Gasteiger partial charge is 0.411 e. The number of hydrogen-bond acceptors (Lipinski definition) is 4. The van der Waals surface area contributed by atoms with Crippen LogP contribution in [-0.2, 0) is 4.74 Å². The monoisotopic (exact) mass is 224 g/mol. The van der Waals surface area contributed by atoms with Crippen molar-refractivity contribution in [3.63, 3.8) is 0 Å². The molecule has 16 heavy (non-hydrogen) atoms. The molecule has 1 N–H and O–H groups in total. The lowest BCUT2D eigenvalue weighted by atomic mass is 9.97. The lowest BCUT2D eigenvalue weighted by Gasteiger charge is -2.35. The third kappa shape index (κ3) is 2.83. The van der Waals surface area contributed by atoms with Crippen LogP contribution in [0.5, 0.6) is 0 Å². The first kappa shape index (κ1) is 11.6. The normalized spacial score (nSPS) is 33.2. The highest BCUT2D eigenvalue weighted by molar-refractivity contribution is 5.89. The molecule has 0 spiro atoms. The van der Waals surface area contributed by atoms with Gasteiger partial charge in [0.05, 0.1) is 25.0 Å². The Balaban J connectivity index is 2.04. The van der Waals surface area contributed by atoms with Crippen molar-refractivity contribution in [2.75, 3.05) is 26.3 Å². The lowest BCUT2D eigenvalue weighted by molar-refractivity contribution is 0.0269. The molecule has 1 heterocycles. The highest BCUT2D eigenvalue weighted by atomic mass is 16.5. The zero-order chi connectivity index (χ0) is 11.2. The first-order chi connectivity index (χ1) is 7.92. The van der Waals surface area contributed by atoms with E-state index in [-0.39, 0.29) is 0 Å². The summed E-state index contributed by atoms with van der Waals surface area (Å²) in [5, 5.41) is 12.6. The number of oxime groups is 1. The number of nitrogens with zero attached hydrogens (tertiary/aromatic N) is 2. The Kier molecular flexibility index (Phi) is 4.36. The van der Waals surface area contributed by atoms with Crippen LogP contribution in [0.25, 0.3) is 0 Å². The van der Waals surface area contributed by atoms with Crippen LogP contribution < -0.4 is 0 Å². The second kappa shape index (κ2) is 6.01. The molecule has 0 bridgehead atoms. The minimum Gasteiger partial charge on any atom is -0.411 e. The van der Waals surface area contributed by atoms with E-state index in [0.717, 1.165) is 57.7 Å². The van der Waals surface area contributed by atoms with Crippen LogP contribution in [0.2, 0.25) is 0 Å². The molecule has 1 fully saturated rings. The predicted octanol–water partition coefficient (Wildman–Crippen LogP) is 1.65. The third-order valence-electron chi connectivity index (χ3n) is 3.34. The zero-order valence-corrected chi connectivity index (χ0v) is 9.64. The van der Waals surface area contributed by atoms with Gasteiger partial charge in [-0.2, -0.15) is 0 Å². The minimum absolute atomic E-state index is 0.304. The molecule has 2 rings (SSSR count). The van der Waals surface area contributed by atoms with Crippen LogP contribution in [0.3, 0.4) is 0 Å². The molecular formula is C12H20N2O2. The van der Waals surface area contributed by atoms with Gasteiger partial charge in [-0.15, -0.1) is 0 Å². The maximum absolute atomic E-state index is 9.11. The van der Waals surface area contributed by atoms with Gasteiger partial charge in [-0.3, -0.25) is 4.90 Å². The van der Waals surface area contributed by atoms with Crippen LogP contribution in [0.15, 0.2) is 17.3 Å². The molecule has 0 amide bonds. The molecule has 1 atom stereocenters. The van der Waals surface area contributed by atoms with E-state index in [9.17, 15) is 0 Å². The average Bonchev–Trinajstić information content (AvgIpc) is 2.30. The highest BCUT2D eigenvalue weighted by Crippen LogP contribution is 2.17. The molecule has 0 aromatic heterocycles. The number of morpholine rings is 1. The maximum Gasteiger partial charge on any atom is 0.0745 e. The maximum atomic E-state index is 9.11. The zero-order valence-electron chi connectivity index (χ0n) is 9.64. The topological polar surface area (TPSA) is 45.1 Å². The first-order valence-electron chi connectivity index (χ1n) is 6.09. The molecule has 1 aliphatic carbocycles. The van der Waals surface area contributed by atoms with E-state index in [0.29, 0.717) is 6.04 Å². The van der Waals surface area contributed by atoms with E-state index in [1.807, 2.05) is 0 Å². The molecule has 1 aliphatic heterocycles. The fourth-order valence-corrected chi connectivity index (χ4v) is 2.45. The van der Waals surface area contributed by atoms with Crippen molar-refractivity contribution >= 4 is 5.71 Å². The van der Waals surface area contributed by atoms with Crippen LogP contribution >= 0.6 is 0 Å². The van der Waals surface area contributed by atoms with Crippen LogP contribution in [0, 0.1) is 0 Å². The molecule has 2 aliphatic rings. The second-order valence-electron chi connectivity index (χ2n) is 4.34. The molecule has 0 saturated carbocycles. The Morgan fingerprint density at radius 2 is 2.00 bits per heavy atom. The lowest BCUT2D eigenvalue weighted by Crippen LogP contribution is -2.47. The predicted molar refractivity (Wildman–Crippen MR) is 63.0 cm³/mol. The third-order valence-corrected chi connectivity index (χ3v) is 3.34. The quantitative estimate of drug-likeness (QED) is 0.418. The summed E-state index contributed by atoms with van der Waals surface area (Å²) in [6.07, 6.45) is 8.40. The van der Waals surface area contributed by atoms with Crippen LogP contribution in [-0.4, -0.2) is 48.2 Å². The Hall–Kier alpha value is -0.870. The molecule has 4 nitrogen and oxygen atoms in total. The summed E-state index contributed by atoms with van der Waals surface area (Å²) in [6.45, 7) is 3.50. The number of rotatable bonds is 1. The number of allylic oxidation sites excluding steroid dienone is 2. The molecule has 1 saturated heterocycles. The van der Waals surface area contributed by atoms with E-state index in [1.165, 1.54) is 0 Å². The van der Waals surface area contributed by atoms with Gasteiger partial charge in [-0.05, 0) is 25.7 Å².